The minimum Gasteiger partial charge on any atom is -0.310 e. The zero-order chi connectivity index (χ0) is 14.7. The molecule has 0 bridgehead atoms. The van der Waals surface area contributed by atoms with Crippen molar-refractivity contribution in [2.24, 2.45) is 0 Å². The first-order valence-electron chi connectivity index (χ1n) is 6.51. The fraction of sp³-hybridized carbons (Fsp3) is 0.250. The summed E-state index contributed by atoms with van der Waals surface area (Å²) in [5.41, 5.74) is 1.49. The average molecular weight is 279 g/mol. The topological polar surface area (TPSA) is 12.0 Å². The van der Waals surface area contributed by atoms with Crippen molar-refractivity contribution in [3.63, 3.8) is 0 Å². The van der Waals surface area contributed by atoms with Crippen molar-refractivity contribution in [1.29, 1.82) is 0 Å². The van der Waals surface area contributed by atoms with Gasteiger partial charge in [-0.15, -0.1) is 0 Å². The molecule has 1 N–H and O–H groups in total. The van der Waals surface area contributed by atoms with Crippen molar-refractivity contribution in [2.45, 2.75) is 19.9 Å². The van der Waals surface area contributed by atoms with Gasteiger partial charge in [0.1, 0.15) is 5.82 Å². The summed E-state index contributed by atoms with van der Waals surface area (Å²) < 4.78 is 40.1. The van der Waals surface area contributed by atoms with Crippen LogP contribution in [-0.2, 0) is 0 Å². The van der Waals surface area contributed by atoms with Gasteiger partial charge < -0.3 is 5.32 Å². The van der Waals surface area contributed by atoms with E-state index in [2.05, 4.69) is 5.32 Å². The van der Waals surface area contributed by atoms with Crippen molar-refractivity contribution in [1.82, 2.24) is 5.32 Å². The van der Waals surface area contributed by atoms with Gasteiger partial charge in [0, 0.05) is 11.6 Å². The Balaban J connectivity index is 2.44. The summed E-state index contributed by atoms with van der Waals surface area (Å²) >= 11 is 0. The van der Waals surface area contributed by atoms with E-state index in [1.54, 1.807) is 12.1 Å². The molecule has 0 saturated carbocycles. The van der Waals surface area contributed by atoms with Crippen molar-refractivity contribution in [3.05, 3.63) is 59.4 Å². The second-order valence-electron chi connectivity index (χ2n) is 4.65. The van der Waals surface area contributed by atoms with E-state index in [1.807, 2.05) is 13.8 Å². The zero-order valence-corrected chi connectivity index (χ0v) is 11.4. The minimum atomic E-state index is -0.980. The molecule has 0 aliphatic rings. The second kappa shape index (κ2) is 6.09. The molecular formula is C16H16F3N. The SMILES string of the molecule is CCNC(C)c1ccc(F)c(-c2ccc(F)c(F)c2)c1. The first kappa shape index (κ1) is 14.6. The third kappa shape index (κ3) is 3.02. The van der Waals surface area contributed by atoms with Crippen LogP contribution in [0, 0.1) is 17.5 Å². The molecule has 0 radical (unpaired) electrons. The van der Waals surface area contributed by atoms with E-state index in [-0.39, 0.29) is 11.6 Å². The number of hydrogen-bond acceptors (Lipinski definition) is 1. The Labute approximate surface area is 116 Å². The van der Waals surface area contributed by atoms with Crippen LogP contribution >= 0.6 is 0 Å². The summed E-state index contributed by atoms with van der Waals surface area (Å²) in [7, 11) is 0. The van der Waals surface area contributed by atoms with Gasteiger partial charge >= 0.3 is 0 Å². The summed E-state index contributed by atoms with van der Waals surface area (Å²) in [6.07, 6.45) is 0. The fourth-order valence-corrected chi connectivity index (χ4v) is 2.12. The summed E-state index contributed by atoms with van der Waals surface area (Å²) in [5.74, 6) is -2.37. The lowest BCUT2D eigenvalue weighted by atomic mass is 9.99. The Hall–Kier alpha value is -1.81. The predicted molar refractivity (Wildman–Crippen MR) is 73.8 cm³/mol. The molecule has 4 heteroatoms. The molecule has 0 fully saturated rings. The van der Waals surface area contributed by atoms with Crippen molar-refractivity contribution in [2.75, 3.05) is 6.54 Å². The molecule has 0 aliphatic carbocycles. The van der Waals surface area contributed by atoms with Crippen LogP contribution in [0.1, 0.15) is 25.5 Å². The first-order chi connectivity index (χ1) is 9.52. The van der Waals surface area contributed by atoms with Crippen LogP contribution in [0.2, 0.25) is 0 Å². The summed E-state index contributed by atoms with van der Waals surface area (Å²) in [6.45, 7) is 4.74. The highest BCUT2D eigenvalue weighted by molar-refractivity contribution is 5.65. The van der Waals surface area contributed by atoms with E-state index in [9.17, 15) is 13.2 Å². The fourth-order valence-electron chi connectivity index (χ4n) is 2.12. The molecule has 0 amide bonds. The maximum absolute atomic E-state index is 13.9. The molecule has 1 unspecified atom stereocenters. The van der Waals surface area contributed by atoms with Gasteiger partial charge in [-0.3, -0.25) is 0 Å². The molecule has 0 spiro atoms. The van der Waals surface area contributed by atoms with Crippen LogP contribution in [0.4, 0.5) is 13.2 Å². The molecular weight excluding hydrogens is 263 g/mol. The lowest BCUT2D eigenvalue weighted by Crippen LogP contribution is -2.17. The quantitative estimate of drug-likeness (QED) is 0.872. The Morgan fingerprint density at radius 1 is 0.950 bits per heavy atom. The minimum absolute atomic E-state index is 0.0599. The van der Waals surface area contributed by atoms with Gasteiger partial charge in [-0.05, 0) is 48.9 Å². The molecule has 0 aliphatic heterocycles. The molecule has 2 aromatic rings. The molecule has 0 saturated heterocycles. The molecule has 2 rings (SSSR count). The van der Waals surface area contributed by atoms with Crippen LogP contribution in [0.15, 0.2) is 36.4 Å². The number of hydrogen-bond donors (Lipinski definition) is 1. The van der Waals surface area contributed by atoms with Crippen molar-refractivity contribution in [3.8, 4) is 11.1 Å². The summed E-state index contributed by atoms with van der Waals surface area (Å²) in [6, 6.07) is 8.14. The maximum Gasteiger partial charge on any atom is 0.159 e. The molecule has 0 heterocycles. The lowest BCUT2D eigenvalue weighted by Gasteiger charge is -2.14. The van der Waals surface area contributed by atoms with Crippen LogP contribution in [-0.4, -0.2) is 6.54 Å². The maximum atomic E-state index is 13.9. The van der Waals surface area contributed by atoms with Gasteiger partial charge in [0.15, 0.2) is 11.6 Å². The average Bonchev–Trinajstić information content (AvgIpc) is 2.43. The highest BCUT2D eigenvalue weighted by Gasteiger charge is 2.12. The van der Waals surface area contributed by atoms with Crippen LogP contribution < -0.4 is 5.32 Å². The smallest absolute Gasteiger partial charge is 0.159 e. The van der Waals surface area contributed by atoms with Gasteiger partial charge in [0.25, 0.3) is 0 Å². The number of rotatable bonds is 4. The van der Waals surface area contributed by atoms with Crippen LogP contribution in [0.5, 0.6) is 0 Å². The Morgan fingerprint density at radius 2 is 1.65 bits per heavy atom. The Morgan fingerprint density at radius 3 is 2.30 bits per heavy atom. The summed E-state index contributed by atoms with van der Waals surface area (Å²) in [4.78, 5) is 0. The van der Waals surface area contributed by atoms with Gasteiger partial charge in [0.05, 0.1) is 0 Å². The van der Waals surface area contributed by atoms with E-state index >= 15 is 0 Å². The molecule has 20 heavy (non-hydrogen) atoms. The Kier molecular flexibility index (Phi) is 4.45. The first-order valence-corrected chi connectivity index (χ1v) is 6.51. The third-order valence-corrected chi connectivity index (χ3v) is 3.23. The van der Waals surface area contributed by atoms with E-state index < -0.39 is 17.5 Å². The van der Waals surface area contributed by atoms with Gasteiger partial charge in [-0.2, -0.15) is 0 Å². The van der Waals surface area contributed by atoms with E-state index in [4.69, 9.17) is 0 Å². The molecule has 106 valence electrons. The third-order valence-electron chi connectivity index (χ3n) is 3.23. The predicted octanol–water partition coefficient (Wildman–Crippen LogP) is 4.44. The molecule has 2 aromatic carbocycles. The Bertz CT molecular complexity index is 611. The summed E-state index contributed by atoms with van der Waals surface area (Å²) in [5, 5.41) is 3.22. The number of benzene rings is 2. The second-order valence-corrected chi connectivity index (χ2v) is 4.65. The number of nitrogens with one attached hydrogen (secondary N) is 1. The lowest BCUT2D eigenvalue weighted by molar-refractivity contribution is 0.509. The molecule has 1 atom stereocenters. The standard InChI is InChI=1S/C16H16F3N/c1-3-20-10(2)11-4-6-14(17)13(8-11)12-5-7-15(18)16(19)9-12/h4-10,20H,3H2,1-2H3. The van der Waals surface area contributed by atoms with E-state index in [0.717, 1.165) is 24.2 Å². The van der Waals surface area contributed by atoms with Gasteiger partial charge in [-0.1, -0.05) is 19.1 Å². The van der Waals surface area contributed by atoms with Crippen LogP contribution in [0.25, 0.3) is 11.1 Å². The largest absolute Gasteiger partial charge is 0.310 e. The monoisotopic (exact) mass is 279 g/mol. The zero-order valence-electron chi connectivity index (χ0n) is 11.4. The van der Waals surface area contributed by atoms with Gasteiger partial charge in [-0.25, -0.2) is 13.2 Å². The highest BCUT2D eigenvalue weighted by atomic mass is 19.2. The van der Waals surface area contributed by atoms with Crippen molar-refractivity contribution < 1.29 is 13.2 Å². The highest BCUT2D eigenvalue weighted by Crippen LogP contribution is 2.27. The van der Waals surface area contributed by atoms with Crippen molar-refractivity contribution >= 4 is 0 Å². The normalized spacial score (nSPS) is 12.4. The van der Waals surface area contributed by atoms with Gasteiger partial charge in [0.2, 0.25) is 0 Å². The molecule has 0 aromatic heterocycles. The van der Waals surface area contributed by atoms with E-state index in [1.165, 1.54) is 12.1 Å². The van der Waals surface area contributed by atoms with E-state index in [0.29, 0.717) is 5.56 Å². The van der Waals surface area contributed by atoms with Crippen LogP contribution in [0.3, 0.4) is 0 Å². The molecule has 1 nitrogen and oxygen atoms in total. The number of halogens is 3.